The summed E-state index contributed by atoms with van der Waals surface area (Å²) in [5, 5.41) is 17.0. The molecule has 0 aromatic heterocycles. The van der Waals surface area contributed by atoms with Gasteiger partial charge in [0.1, 0.15) is 0 Å². The molecule has 9 heavy (non-hydrogen) atoms. The number of carboxylic acid groups (broad SMARTS) is 1. The van der Waals surface area contributed by atoms with Crippen molar-refractivity contribution in [1.82, 2.24) is 0 Å². The normalized spacial score (nSPS) is 15.4. The Kier molecular flexibility index (Phi) is 4.62. The van der Waals surface area contributed by atoms with E-state index < -0.39 is 11.6 Å². The molecule has 0 amide bonds. The lowest BCUT2D eigenvalue weighted by atomic mass is 10.1. The van der Waals surface area contributed by atoms with Gasteiger partial charge in [0, 0.05) is 0 Å². The summed E-state index contributed by atoms with van der Waals surface area (Å²) in [4.78, 5) is 10.0. The summed E-state index contributed by atoms with van der Waals surface area (Å²) in [7, 11) is 0. The van der Waals surface area contributed by atoms with Crippen LogP contribution in [0.25, 0.3) is 0 Å². The number of hydrogen-bond acceptors (Lipinski definition) is 2. The van der Waals surface area contributed by atoms with Gasteiger partial charge in [-0.3, -0.25) is 0 Å². The van der Waals surface area contributed by atoms with E-state index in [9.17, 15) is 4.79 Å². The molecule has 0 heterocycles. The second-order valence-electron chi connectivity index (χ2n) is 1.93. The maximum absolute atomic E-state index is 10.0. The van der Waals surface area contributed by atoms with Gasteiger partial charge in [-0.05, 0) is 24.3 Å². The first-order chi connectivity index (χ1) is 3.50. The molecule has 3 nitrogen and oxygen atoms in total. The van der Waals surface area contributed by atoms with E-state index in [0.717, 1.165) is 0 Å². The average molecular weight is 150 g/mol. The predicted molar refractivity (Wildman–Crippen MR) is 39.9 cm³/mol. The summed E-state index contributed by atoms with van der Waals surface area (Å²) >= 11 is 0. The van der Waals surface area contributed by atoms with Crippen LogP contribution >= 0.6 is 0 Å². The number of rotatable bonds is 2. The number of aliphatic hydroxyl groups is 1. The van der Waals surface area contributed by atoms with Crippen molar-refractivity contribution in [3.63, 3.8) is 0 Å². The second kappa shape index (κ2) is 3.63. The lowest BCUT2D eigenvalue weighted by Crippen LogP contribution is -2.33. The standard InChI is InChI=1S/C5H10O3.H4Si/c1-3-5(2,8)4(6)7;/h8H,3H2,1-2H3,(H,6,7);1H4. The highest BCUT2D eigenvalue weighted by Crippen LogP contribution is 2.06. The Bertz CT molecular complexity index is 100. The SMILES string of the molecule is CCC(C)(O)C(=O)O.[SiH4]. The van der Waals surface area contributed by atoms with Gasteiger partial charge in [0.05, 0.1) is 0 Å². The molecular weight excluding hydrogens is 136 g/mol. The third-order valence-electron chi connectivity index (χ3n) is 1.15. The Hall–Kier alpha value is -0.353. The van der Waals surface area contributed by atoms with Crippen LogP contribution in [0.4, 0.5) is 0 Å². The molecule has 56 valence electrons. The predicted octanol–water partition coefficient (Wildman–Crippen LogP) is -1.22. The molecule has 0 radical (unpaired) electrons. The Balaban J connectivity index is 0. The molecule has 0 aromatic carbocycles. The Morgan fingerprint density at radius 1 is 1.67 bits per heavy atom. The van der Waals surface area contributed by atoms with Crippen molar-refractivity contribution in [1.29, 1.82) is 0 Å². The highest BCUT2D eigenvalue weighted by molar-refractivity contribution is 5.76. The summed E-state index contributed by atoms with van der Waals surface area (Å²) in [6.07, 6.45) is 0.238. The fraction of sp³-hybridized carbons (Fsp3) is 0.800. The van der Waals surface area contributed by atoms with E-state index in [-0.39, 0.29) is 17.4 Å². The zero-order valence-corrected chi connectivity index (χ0v) is 5.01. The van der Waals surface area contributed by atoms with Crippen LogP contribution in [0.1, 0.15) is 20.3 Å². The summed E-state index contributed by atoms with van der Waals surface area (Å²) < 4.78 is 0. The quantitative estimate of drug-likeness (QED) is 0.485. The highest BCUT2D eigenvalue weighted by atomic mass is 28.1. The summed E-state index contributed by atoms with van der Waals surface area (Å²) in [6.45, 7) is 2.89. The van der Waals surface area contributed by atoms with Gasteiger partial charge in [0.25, 0.3) is 0 Å². The van der Waals surface area contributed by atoms with Gasteiger partial charge in [0.15, 0.2) is 5.60 Å². The molecule has 0 aliphatic rings. The van der Waals surface area contributed by atoms with Crippen molar-refractivity contribution < 1.29 is 15.0 Å². The number of carbonyl (C=O) groups is 1. The fourth-order valence-electron chi connectivity index (χ4n) is 0.151. The minimum atomic E-state index is -1.54. The summed E-state index contributed by atoms with van der Waals surface area (Å²) in [5.41, 5.74) is -1.54. The van der Waals surface area contributed by atoms with Gasteiger partial charge in [-0.2, -0.15) is 0 Å². The van der Waals surface area contributed by atoms with E-state index in [4.69, 9.17) is 10.2 Å². The Labute approximate surface area is 58.7 Å². The zero-order valence-electron chi connectivity index (χ0n) is 5.01. The molecular formula is C5H14O3Si. The van der Waals surface area contributed by atoms with Gasteiger partial charge in [-0.15, -0.1) is 0 Å². The molecule has 4 heteroatoms. The maximum Gasteiger partial charge on any atom is 0.335 e. The van der Waals surface area contributed by atoms with Gasteiger partial charge in [-0.1, -0.05) is 6.92 Å². The highest BCUT2D eigenvalue weighted by Gasteiger charge is 2.26. The number of carboxylic acids is 1. The molecule has 1 atom stereocenters. The van der Waals surface area contributed by atoms with Crippen molar-refractivity contribution >= 4 is 16.9 Å². The number of hydrogen-bond donors (Lipinski definition) is 2. The number of aliphatic carboxylic acids is 1. The van der Waals surface area contributed by atoms with Gasteiger partial charge < -0.3 is 10.2 Å². The van der Waals surface area contributed by atoms with Crippen LogP contribution in [-0.4, -0.2) is 32.7 Å². The van der Waals surface area contributed by atoms with E-state index in [0.29, 0.717) is 0 Å². The van der Waals surface area contributed by atoms with Crippen LogP contribution in [0.2, 0.25) is 0 Å². The topological polar surface area (TPSA) is 57.5 Å². The largest absolute Gasteiger partial charge is 0.479 e. The molecule has 0 saturated heterocycles. The molecule has 0 bridgehead atoms. The Morgan fingerprint density at radius 2 is 2.00 bits per heavy atom. The van der Waals surface area contributed by atoms with Crippen LogP contribution in [0.15, 0.2) is 0 Å². The molecule has 0 rings (SSSR count). The lowest BCUT2D eigenvalue weighted by Gasteiger charge is -2.13. The van der Waals surface area contributed by atoms with E-state index in [2.05, 4.69) is 0 Å². The van der Waals surface area contributed by atoms with Crippen molar-refractivity contribution in [2.24, 2.45) is 0 Å². The third-order valence-corrected chi connectivity index (χ3v) is 1.15. The lowest BCUT2D eigenvalue weighted by molar-refractivity contribution is -0.156. The molecule has 0 aromatic rings. The smallest absolute Gasteiger partial charge is 0.335 e. The zero-order chi connectivity index (χ0) is 6.78. The third kappa shape index (κ3) is 3.26. The monoisotopic (exact) mass is 150 g/mol. The first-order valence-corrected chi connectivity index (χ1v) is 2.46. The second-order valence-corrected chi connectivity index (χ2v) is 1.93. The van der Waals surface area contributed by atoms with E-state index in [1.807, 2.05) is 0 Å². The van der Waals surface area contributed by atoms with Gasteiger partial charge in [0.2, 0.25) is 0 Å². The Morgan fingerprint density at radius 3 is 2.00 bits per heavy atom. The average Bonchev–Trinajstić information content (AvgIpc) is 1.67. The van der Waals surface area contributed by atoms with Crippen LogP contribution in [0.3, 0.4) is 0 Å². The molecule has 0 aliphatic carbocycles. The summed E-state index contributed by atoms with van der Waals surface area (Å²) in [5.74, 6) is -1.17. The minimum absolute atomic E-state index is 0. The molecule has 1 unspecified atom stereocenters. The molecule has 0 saturated carbocycles. The fourth-order valence-corrected chi connectivity index (χ4v) is 0.151. The van der Waals surface area contributed by atoms with Crippen LogP contribution in [-0.2, 0) is 4.79 Å². The molecule has 0 aliphatic heterocycles. The van der Waals surface area contributed by atoms with Crippen molar-refractivity contribution in [3.8, 4) is 0 Å². The van der Waals surface area contributed by atoms with E-state index in [1.165, 1.54) is 6.92 Å². The minimum Gasteiger partial charge on any atom is -0.479 e. The van der Waals surface area contributed by atoms with Crippen LogP contribution in [0.5, 0.6) is 0 Å². The first kappa shape index (κ1) is 11.4. The molecule has 2 N–H and O–H groups in total. The summed E-state index contributed by atoms with van der Waals surface area (Å²) in [6, 6.07) is 0. The van der Waals surface area contributed by atoms with E-state index in [1.54, 1.807) is 6.92 Å². The van der Waals surface area contributed by atoms with Crippen LogP contribution < -0.4 is 0 Å². The molecule has 0 spiro atoms. The van der Waals surface area contributed by atoms with Crippen molar-refractivity contribution in [2.75, 3.05) is 0 Å². The van der Waals surface area contributed by atoms with Gasteiger partial charge in [-0.25, -0.2) is 4.79 Å². The maximum atomic E-state index is 10.0. The van der Waals surface area contributed by atoms with E-state index >= 15 is 0 Å². The van der Waals surface area contributed by atoms with Crippen LogP contribution in [0, 0.1) is 0 Å². The first-order valence-electron chi connectivity index (χ1n) is 2.46. The van der Waals surface area contributed by atoms with Crippen molar-refractivity contribution in [3.05, 3.63) is 0 Å². The van der Waals surface area contributed by atoms with Gasteiger partial charge >= 0.3 is 5.97 Å². The molecule has 0 fully saturated rings. The van der Waals surface area contributed by atoms with Crippen molar-refractivity contribution in [2.45, 2.75) is 25.9 Å².